The molecule has 156 valence electrons. The zero-order chi connectivity index (χ0) is 21.0. The molecule has 0 radical (unpaired) electrons. The van der Waals surface area contributed by atoms with Gasteiger partial charge in [-0.05, 0) is 74.2 Å². The van der Waals surface area contributed by atoms with Gasteiger partial charge in [-0.3, -0.25) is 4.79 Å². The lowest BCUT2D eigenvalue weighted by atomic mass is 10.1. The van der Waals surface area contributed by atoms with E-state index in [4.69, 9.17) is 4.74 Å². The van der Waals surface area contributed by atoms with Crippen molar-refractivity contribution < 1.29 is 17.9 Å². The Morgan fingerprint density at radius 1 is 1.07 bits per heavy atom. The number of sulfonamides is 1. The first kappa shape index (κ1) is 21.8. The summed E-state index contributed by atoms with van der Waals surface area (Å²) in [5.41, 5.74) is 2.41. The van der Waals surface area contributed by atoms with Crippen molar-refractivity contribution in [3.05, 3.63) is 52.0 Å². The fourth-order valence-electron chi connectivity index (χ4n) is 3.42. The Balaban J connectivity index is 1.60. The van der Waals surface area contributed by atoms with Crippen LogP contribution in [0.3, 0.4) is 0 Å². The lowest BCUT2D eigenvalue weighted by Crippen LogP contribution is -2.35. The van der Waals surface area contributed by atoms with Crippen molar-refractivity contribution in [2.75, 3.05) is 25.0 Å². The summed E-state index contributed by atoms with van der Waals surface area (Å²) >= 11 is 3.44. The maximum atomic E-state index is 12.7. The molecule has 2 aromatic rings. The Morgan fingerprint density at radius 2 is 1.66 bits per heavy atom. The van der Waals surface area contributed by atoms with Crippen LogP contribution in [0.5, 0.6) is 5.75 Å². The molecule has 0 bridgehead atoms. The molecule has 2 aromatic carbocycles. The molecule has 1 aliphatic heterocycles. The standard InChI is InChI=1S/C21H25BrN2O4S/c1-15-12-17(22)13-16(2)21(15)28-14-20(25)23-18-6-8-19(9-7-18)29(26,27)24-10-4-3-5-11-24/h6-9,12-13H,3-5,10-11,14H2,1-2H3,(H,23,25). The van der Waals surface area contributed by atoms with Crippen LogP contribution in [0.25, 0.3) is 0 Å². The SMILES string of the molecule is Cc1cc(Br)cc(C)c1OCC(=O)Nc1ccc(S(=O)(=O)N2CCCCC2)cc1. The number of carbonyl (C=O) groups is 1. The Bertz CT molecular complexity index is 961. The summed E-state index contributed by atoms with van der Waals surface area (Å²) in [5, 5.41) is 2.74. The largest absolute Gasteiger partial charge is 0.483 e. The topological polar surface area (TPSA) is 75.7 Å². The molecule has 3 rings (SSSR count). The fraction of sp³-hybridized carbons (Fsp3) is 0.381. The minimum Gasteiger partial charge on any atom is -0.483 e. The zero-order valence-electron chi connectivity index (χ0n) is 16.6. The molecule has 6 nitrogen and oxygen atoms in total. The van der Waals surface area contributed by atoms with Crippen LogP contribution in [0, 0.1) is 13.8 Å². The summed E-state index contributed by atoms with van der Waals surface area (Å²) in [7, 11) is -3.47. The van der Waals surface area contributed by atoms with E-state index in [2.05, 4.69) is 21.2 Å². The maximum absolute atomic E-state index is 12.7. The zero-order valence-corrected chi connectivity index (χ0v) is 19.0. The molecule has 8 heteroatoms. The molecule has 0 unspecified atom stereocenters. The van der Waals surface area contributed by atoms with Gasteiger partial charge in [0.25, 0.3) is 5.91 Å². The highest BCUT2D eigenvalue weighted by Gasteiger charge is 2.25. The smallest absolute Gasteiger partial charge is 0.262 e. The second-order valence-corrected chi connectivity index (χ2v) is 10.0. The predicted molar refractivity (Wildman–Crippen MR) is 117 cm³/mol. The van der Waals surface area contributed by atoms with Gasteiger partial charge in [-0.2, -0.15) is 4.31 Å². The molecular weight excluding hydrogens is 456 g/mol. The average Bonchev–Trinajstić information content (AvgIpc) is 2.68. The van der Waals surface area contributed by atoms with E-state index in [9.17, 15) is 13.2 Å². The summed E-state index contributed by atoms with van der Waals surface area (Å²) in [6, 6.07) is 10.1. The molecule has 1 saturated heterocycles. The number of nitrogens with zero attached hydrogens (tertiary/aromatic N) is 1. The monoisotopic (exact) mass is 480 g/mol. The van der Waals surface area contributed by atoms with E-state index in [0.717, 1.165) is 34.9 Å². The average molecular weight is 481 g/mol. The number of hydrogen-bond donors (Lipinski definition) is 1. The number of rotatable bonds is 6. The number of benzene rings is 2. The Labute approximate surface area is 180 Å². The molecule has 0 atom stereocenters. The van der Waals surface area contributed by atoms with Crippen molar-refractivity contribution in [1.29, 1.82) is 0 Å². The van der Waals surface area contributed by atoms with Crippen LogP contribution in [0.2, 0.25) is 0 Å². The Kier molecular flexibility index (Phi) is 6.97. The van der Waals surface area contributed by atoms with E-state index in [0.29, 0.717) is 24.5 Å². The van der Waals surface area contributed by atoms with Crippen molar-refractivity contribution in [1.82, 2.24) is 4.31 Å². The van der Waals surface area contributed by atoms with E-state index >= 15 is 0 Å². The van der Waals surface area contributed by atoms with Gasteiger partial charge in [0, 0.05) is 23.2 Å². The fourth-order valence-corrected chi connectivity index (χ4v) is 5.63. The normalized spacial score (nSPS) is 15.1. The summed E-state index contributed by atoms with van der Waals surface area (Å²) in [6.07, 6.45) is 2.85. The minimum atomic E-state index is -3.47. The molecule has 1 heterocycles. The highest BCUT2D eigenvalue weighted by atomic mass is 79.9. The minimum absolute atomic E-state index is 0.128. The third kappa shape index (κ3) is 5.38. The first-order chi connectivity index (χ1) is 13.8. The first-order valence-electron chi connectivity index (χ1n) is 9.57. The van der Waals surface area contributed by atoms with Gasteiger partial charge in [-0.25, -0.2) is 8.42 Å². The predicted octanol–water partition coefficient (Wildman–Crippen LogP) is 4.26. The van der Waals surface area contributed by atoms with Gasteiger partial charge in [-0.15, -0.1) is 0 Å². The Morgan fingerprint density at radius 3 is 2.24 bits per heavy atom. The summed E-state index contributed by atoms with van der Waals surface area (Å²) in [6.45, 7) is 4.84. The molecule has 0 saturated carbocycles. The molecule has 0 aliphatic carbocycles. The van der Waals surface area contributed by atoms with Gasteiger partial charge < -0.3 is 10.1 Å². The summed E-state index contributed by atoms with van der Waals surface area (Å²) in [5.74, 6) is 0.379. The van der Waals surface area contributed by atoms with E-state index in [-0.39, 0.29) is 17.4 Å². The van der Waals surface area contributed by atoms with Crippen molar-refractivity contribution in [2.45, 2.75) is 38.0 Å². The van der Waals surface area contributed by atoms with Crippen LogP contribution >= 0.6 is 15.9 Å². The quantitative estimate of drug-likeness (QED) is 0.669. The van der Waals surface area contributed by atoms with E-state index in [1.165, 1.54) is 16.4 Å². The van der Waals surface area contributed by atoms with E-state index in [1.807, 2.05) is 26.0 Å². The number of amides is 1. The number of hydrogen-bond acceptors (Lipinski definition) is 4. The third-order valence-corrected chi connectivity index (χ3v) is 7.23. The third-order valence-electron chi connectivity index (χ3n) is 4.86. The van der Waals surface area contributed by atoms with Gasteiger partial charge in [-0.1, -0.05) is 22.4 Å². The lowest BCUT2D eigenvalue weighted by Gasteiger charge is -2.25. The molecule has 29 heavy (non-hydrogen) atoms. The molecular formula is C21H25BrN2O4S. The summed E-state index contributed by atoms with van der Waals surface area (Å²) < 4.78 is 33.5. The number of halogens is 1. The van der Waals surface area contributed by atoms with Gasteiger partial charge in [0.2, 0.25) is 10.0 Å². The number of ether oxygens (including phenoxy) is 1. The molecule has 1 N–H and O–H groups in total. The molecule has 1 fully saturated rings. The number of anilines is 1. The second-order valence-electron chi connectivity index (χ2n) is 7.19. The number of aryl methyl sites for hydroxylation is 2. The van der Waals surface area contributed by atoms with E-state index in [1.54, 1.807) is 12.1 Å². The molecule has 0 spiro atoms. The second kappa shape index (κ2) is 9.28. The van der Waals surface area contributed by atoms with Crippen molar-refractivity contribution in [3.63, 3.8) is 0 Å². The maximum Gasteiger partial charge on any atom is 0.262 e. The van der Waals surface area contributed by atoms with Crippen molar-refractivity contribution in [2.24, 2.45) is 0 Å². The van der Waals surface area contributed by atoms with Crippen LogP contribution < -0.4 is 10.1 Å². The van der Waals surface area contributed by atoms with Crippen molar-refractivity contribution in [3.8, 4) is 5.75 Å². The van der Waals surface area contributed by atoms with Crippen LogP contribution in [-0.2, 0) is 14.8 Å². The van der Waals surface area contributed by atoms with Gasteiger partial charge in [0.05, 0.1) is 4.90 Å². The van der Waals surface area contributed by atoms with Crippen molar-refractivity contribution >= 4 is 37.5 Å². The number of carbonyl (C=O) groups excluding carboxylic acids is 1. The van der Waals surface area contributed by atoms with Crippen LogP contribution in [0.4, 0.5) is 5.69 Å². The lowest BCUT2D eigenvalue weighted by molar-refractivity contribution is -0.118. The first-order valence-corrected chi connectivity index (χ1v) is 11.8. The van der Waals surface area contributed by atoms with Gasteiger partial charge >= 0.3 is 0 Å². The highest BCUT2D eigenvalue weighted by Crippen LogP contribution is 2.27. The number of piperidine rings is 1. The van der Waals surface area contributed by atoms with Crippen LogP contribution in [-0.4, -0.2) is 38.3 Å². The van der Waals surface area contributed by atoms with Crippen LogP contribution in [0.1, 0.15) is 30.4 Å². The van der Waals surface area contributed by atoms with Crippen LogP contribution in [0.15, 0.2) is 45.8 Å². The summed E-state index contributed by atoms with van der Waals surface area (Å²) in [4.78, 5) is 12.5. The number of nitrogens with one attached hydrogen (secondary N) is 1. The van der Waals surface area contributed by atoms with E-state index < -0.39 is 10.0 Å². The van der Waals surface area contributed by atoms with Gasteiger partial charge in [0.15, 0.2) is 6.61 Å². The molecule has 1 amide bonds. The molecule has 0 aromatic heterocycles. The molecule has 1 aliphatic rings. The Hall–Kier alpha value is -1.90. The van der Waals surface area contributed by atoms with Gasteiger partial charge in [0.1, 0.15) is 5.75 Å². The highest BCUT2D eigenvalue weighted by molar-refractivity contribution is 9.10.